The molecule has 5 nitrogen and oxygen atoms in total. The summed E-state index contributed by atoms with van der Waals surface area (Å²) >= 11 is 0. The van der Waals surface area contributed by atoms with Crippen LogP contribution in [-0.4, -0.2) is 55.7 Å². The van der Waals surface area contributed by atoms with Gasteiger partial charge in [-0.15, -0.1) is 0 Å². The van der Waals surface area contributed by atoms with E-state index < -0.39 is 5.60 Å². The number of carbonyl (C=O) groups excluding carboxylic acids is 1. The maximum absolute atomic E-state index is 11.9. The summed E-state index contributed by atoms with van der Waals surface area (Å²) in [7, 11) is 1.56. The summed E-state index contributed by atoms with van der Waals surface area (Å²) in [5.41, 5.74) is 4.78. The number of rotatable bonds is 5. The smallest absolute Gasteiger partial charge is 0.251 e. The first-order chi connectivity index (χ1) is 7.99. The third kappa shape index (κ3) is 4.26. The molecule has 0 spiro atoms. The van der Waals surface area contributed by atoms with Crippen LogP contribution in [0.2, 0.25) is 0 Å². The van der Waals surface area contributed by atoms with E-state index in [2.05, 4.69) is 10.2 Å². The van der Waals surface area contributed by atoms with Crippen molar-refractivity contribution in [3.05, 3.63) is 0 Å². The fraction of sp³-hybridized carbons (Fsp3) is 0.917. The van der Waals surface area contributed by atoms with E-state index in [1.54, 1.807) is 21.0 Å². The molecule has 0 atom stereocenters. The standard InChI is InChI=1S/C12H25N3O2/c1-12(2,17-3)11(16)14-10-4-7-15(8-5-10)9-6-13/h10H,4-9,13H2,1-3H3,(H,14,16). The van der Waals surface area contributed by atoms with E-state index in [4.69, 9.17) is 10.5 Å². The van der Waals surface area contributed by atoms with Crippen molar-refractivity contribution in [1.82, 2.24) is 10.2 Å². The lowest BCUT2D eigenvalue weighted by Gasteiger charge is -2.33. The predicted octanol–water partition coefficient (Wildman–Crippen LogP) is -0.0493. The summed E-state index contributed by atoms with van der Waals surface area (Å²) in [5.74, 6) is -0.0303. The van der Waals surface area contributed by atoms with Crippen molar-refractivity contribution in [2.24, 2.45) is 5.73 Å². The summed E-state index contributed by atoms with van der Waals surface area (Å²) in [5, 5.41) is 3.05. The number of piperidine rings is 1. The first kappa shape index (κ1) is 14.4. The van der Waals surface area contributed by atoms with Crippen LogP contribution in [0.1, 0.15) is 26.7 Å². The van der Waals surface area contributed by atoms with Gasteiger partial charge in [-0.25, -0.2) is 0 Å². The number of methoxy groups -OCH3 is 1. The van der Waals surface area contributed by atoms with Gasteiger partial charge in [-0.05, 0) is 26.7 Å². The summed E-state index contributed by atoms with van der Waals surface area (Å²) in [6.45, 7) is 7.24. The Bertz CT molecular complexity index is 248. The maximum Gasteiger partial charge on any atom is 0.251 e. The molecule has 1 rings (SSSR count). The Labute approximate surface area is 104 Å². The molecule has 100 valence electrons. The minimum atomic E-state index is -0.742. The number of nitrogens with zero attached hydrogens (tertiary/aromatic N) is 1. The van der Waals surface area contributed by atoms with Crippen molar-refractivity contribution in [1.29, 1.82) is 0 Å². The molecule has 1 aliphatic heterocycles. The third-order valence-corrected chi connectivity index (χ3v) is 3.43. The molecule has 0 aromatic heterocycles. The molecule has 0 aromatic carbocycles. The predicted molar refractivity (Wildman–Crippen MR) is 67.7 cm³/mol. The Balaban J connectivity index is 2.33. The lowest BCUT2D eigenvalue weighted by atomic mass is 10.0. The van der Waals surface area contributed by atoms with Gasteiger partial charge in [0.05, 0.1) is 0 Å². The van der Waals surface area contributed by atoms with Gasteiger partial charge in [-0.3, -0.25) is 4.79 Å². The average molecular weight is 243 g/mol. The Kier molecular flexibility index (Phi) is 5.36. The van der Waals surface area contributed by atoms with E-state index in [9.17, 15) is 4.79 Å². The van der Waals surface area contributed by atoms with E-state index in [0.717, 1.165) is 32.5 Å². The van der Waals surface area contributed by atoms with Crippen molar-refractivity contribution in [3.8, 4) is 0 Å². The molecule has 1 fully saturated rings. The summed E-state index contributed by atoms with van der Waals surface area (Å²) in [4.78, 5) is 14.2. The molecule has 0 aromatic rings. The van der Waals surface area contributed by atoms with E-state index in [1.807, 2.05) is 0 Å². The Morgan fingerprint density at radius 1 is 1.47 bits per heavy atom. The van der Waals surface area contributed by atoms with Gasteiger partial charge >= 0.3 is 0 Å². The lowest BCUT2D eigenvalue weighted by Crippen LogP contribution is -2.51. The minimum Gasteiger partial charge on any atom is -0.369 e. The highest BCUT2D eigenvalue weighted by Gasteiger charge is 2.29. The van der Waals surface area contributed by atoms with Crippen LogP contribution in [0.3, 0.4) is 0 Å². The second-order valence-corrected chi connectivity index (χ2v) is 5.09. The molecule has 1 aliphatic rings. The van der Waals surface area contributed by atoms with Crippen LogP contribution < -0.4 is 11.1 Å². The largest absolute Gasteiger partial charge is 0.369 e. The monoisotopic (exact) mass is 243 g/mol. The first-order valence-corrected chi connectivity index (χ1v) is 6.28. The molecule has 0 unspecified atom stereocenters. The minimum absolute atomic E-state index is 0.0303. The fourth-order valence-electron chi connectivity index (χ4n) is 1.94. The van der Waals surface area contributed by atoms with Crippen LogP contribution in [-0.2, 0) is 9.53 Å². The Morgan fingerprint density at radius 2 is 2.06 bits per heavy atom. The van der Waals surface area contributed by atoms with Gasteiger partial charge in [0.15, 0.2) is 0 Å². The molecular formula is C12H25N3O2. The normalized spacial score (nSPS) is 19.3. The number of amides is 1. The fourth-order valence-corrected chi connectivity index (χ4v) is 1.94. The number of nitrogens with one attached hydrogen (secondary N) is 1. The molecule has 1 amide bonds. The molecule has 0 radical (unpaired) electrons. The zero-order valence-electron chi connectivity index (χ0n) is 11.2. The summed E-state index contributed by atoms with van der Waals surface area (Å²) in [6, 6.07) is 0.269. The quantitative estimate of drug-likeness (QED) is 0.710. The SMILES string of the molecule is COC(C)(C)C(=O)NC1CCN(CCN)CC1. The second-order valence-electron chi connectivity index (χ2n) is 5.09. The zero-order chi connectivity index (χ0) is 12.9. The van der Waals surface area contributed by atoms with Crippen LogP contribution in [0.5, 0.6) is 0 Å². The molecule has 3 N–H and O–H groups in total. The number of hydrogen-bond donors (Lipinski definition) is 2. The molecule has 17 heavy (non-hydrogen) atoms. The average Bonchev–Trinajstić information content (AvgIpc) is 2.32. The van der Waals surface area contributed by atoms with Gasteiger partial charge in [0.25, 0.3) is 5.91 Å². The molecule has 0 aliphatic carbocycles. The van der Waals surface area contributed by atoms with Crippen molar-refractivity contribution >= 4 is 5.91 Å². The van der Waals surface area contributed by atoms with Crippen LogP contribution >= 0.6 is 0 Å². The van der Waals surface area contributed by atoms with Crippen molar-refractivity contribution in [2.75, 3.05) is 33.3 Å². The van der Waals surface area contributed by atoms with Gasteiger partial charge in [0, 0.05) is 39.3 Å². The molecule has 0 bridgehead atoms. The van der Waals surface area contributed by atoms with Crippen LogP contribution in [0.25, 0.3) is 0 Å². The van der Waals surface area contributed by atoms with Crippen LogP contribution in [0, 0.1) is 0 Å². The number of ether oxygens (including phenoxy) is 1. The Morgan fingerprint density at radius 3 is 2.53 bits per heavy atom. The Hall–Kier alpha value is -0.650. The van der Waals surface area contributed by atoms with E-state index in [0.29, 0.717) is 6.54 Å². The van der Waals surface area contributed by atoms with Gasteiger partial charge in [-0.2, -0.15) is 0 Å². The number of carbonyl (C=O) groups is 1. The first-order valence-electron chi connectivity index (χ1n) is 6.28. The number of nitrogens with two attached hydrogens (primary N) is 1. The molecule has 5 heteroatoms. The highest BCUT2D eigenvalue weighted by Crippen LogP contribution is 2.13. The van der Waals surface area contributed by atoms with Crippen molar-refractivity contribution in [3.63, 3.8) is 0 Å². The highest BCUT2D eigenvalue weighted by atomic mass is 16.5. The van der Waals surface area contributed by atoms with Gasteiger partial charge in [-0.1, -0.05) is 0 Å². The van der Waals surface area contributed by atoms with Crippen molar-refractivity contribution < 1.29 is 9.53 Å². The van der Waals surface area contributed by atoms with Crippen LogP contribution in [0.15, 0.2) is 0 Å². The molecular weight excluding hydrogens is 218 g/mol. The van der Waals surface area contributed by atoms with Gasteiger partial charge in [0.1, 0.15) is 5.60 Å². The van der Waals surface area contributed by atoms with Gasteiger partial charge < -0.3 is 20.7 Å². The summed E-state index contributed by atoms with van der Waals surface area (Å²) < 4.78 is 5.16. The second kappa shape index (κ2) is 6.33. The van der Waals surface area contributed by atoms with Crippen molar-refractivity contribution in [2.45, 2.75) is 38.3 Å². The lowest BCUT2D eigenvalue weighted by molar-refractivity contribution is -0.140. The van der Waals surface area contributed by atoms with E-state index in [1.165, 1.54) is 0 Å². The topological polar surface area (TPSA) is 67.6 Å². The zero-order valence-corrected chi connectivity index (χ0v) is 11.2. The van der Waals surface area contributed by atoms with Crippen LogP contribution in [0.4, 0.5) is 0 Å². The maximum atomic E-state index is 11.9. The van der Waals surface area contributed by atoms with E-state index >= 15 is 0 Å². The molecule has 1 saturated heterocycles. The van der Waals surface area contributed by atoms with Gasteiger partial charge in [0.2, 0.25) is 0 Å². The third-order valence-electron chi connectivity index (χ3n) is 3.43. The summed E-state index contributed by atoms with van der Waals surface area (Å²) in [6.07, 6.45) is 1.98. The highest BCUT2D eigenvalue weighted by molar-refractivity contribution is 5.84. The molecule has 1 heterocycles. The number of hydrogen-bond acceptors (Lipinski definition) is 4. The molecule has 0 saturated carbocycles. The number of likely N-dealkylation sites (tertiary alicyclic amines) is 1. The van der Waals surface area contributed by atoms with E-state index in [-0.39, 0.29) is 11.9 Å².